The van der Waals surface area contributed by atoms with Gasteiger partial charge < -0.3 is 28.4 Å². The van der Waals surface area contributed by atoms with Gasteiger partial charge in [-0.2, -0.15) is 0 Å². The quantitative estimate of drug-likeness (QED) is 0.281. The lowest BCUT2D eigenvalue weighted by Crippen LogP contribution is -2.49. The highest BCUT2D eigenvalue weighted by atomic mass is 35.5. The Hall–Kier alpha value is -3.84. The lowest BCUT2D eigenvalue weighted by Gasteiger charge is -2.46. The van der Waals surface area contributed by atoms with Gasteiger partial charge in [-0.25, -0.2) is 4.21 Å². The summed E-state index contributed by atoms with van der Waals surface area (Å²) >= 11 is 6.48. The Balaban J connectivity index is 1.18. The number of hydrogen-bond acceptors (Lipinski definition) is 8. The molecule has 0 unspecified atom stereocenters. The van der Waals surface area contributed by atoms with E-state index >= 15 is 0 Å². The second-order valence-electron chi connectivity index (χ2n) is 16.1. The van der Waals surface area contributed by atoms with Gasteiger partial charge in [-0.05, 0) is 97.7 Å². The fraction of sp³-hybridized carbons (Fsp3) is 0.524. The highest BCUT2D eigenvalue weighted by Gasteiger charge is 2.44. The first kappa shape index (κ1) is 38.1. The highest BCUT2D eigenvalue weighted by molar-refractivity contribution is 7.92. The first-order chi connectivity index (χ1) is 26.5. The van der Waals surface area contributed by atoms with Crippen molar-refractivity contribution < 1.29 is 32.7 Å². The van der Waals surface area contributed by atoms with Crippen LogP contribution in [0.1, 0.15) is 76.6 Å². The zero-order valence-electron chi connectivity index (χ0n) is 32.1. The largest absolute Gasteiger partial charge is 0.494 e. The van der Waals surface area contributed by atoms with E-state index < -0.39 is 21.7 Å². The lowest BCUT2D eigenvalue weighted by atomic mass is 9.68. The number of amides is 2. The molecule has 2 bridgehead atoms. The topological polar surface area (TPSA) is 121 Å². The van der Waals surface area contributed by atoms with Crippen LogP contribution in [0.5, 0.6) is 11.5 Å². The van der Waals surface area contributed by atoms with E-state index in [4.69, 9.17) is 30.5 Å². The minimum absolute atomic E-state index is 0.0216. The molecule has 1 saturated carbocycles. The number of hydrogen-bond donors (Lipinski definition) is 1. The number of ether oxygens (including phenoxy) is 4. The molecule has 13 heteroatoms. The molecule has 2 amide bonds. The Morgan fingerprint density at radius 3 is 2.73 bits per heavy atom. The molecule has 1 aromatic heterocycles. The summed E-state index contributed by atoms with van der Waals surface area (Å²) in [6.45, 7) is 4.50. The first-order valence-electron chi connectivity index (χ1n) is 19.4. The van der Waals surface area contributed by atoms with Crippen LogP contribution in [0.3, 0.4) is 0 Å². The number of aryl methyl sites for hydroxylation is 1. The molecule has 0 saturated heterocycles. The molecular formula is C42H51ClN4O7S. The van der Waals surface area contributed by atoms with E-state index in [9.17, 15) is 13.8 Å². The third-order valence-electron chi connectivity index (χ3n) is 12.5. The van der Waals surface area contributed by atoms with Crippen molar-refractivity contribution in [3.8, 4) is 11.5 Å². The second-order valence-corrected chi connectivity index (χ2v) is 18.6. The van der Waals surface area contributed by atoms with Gasteiger partial charge in [0.1, 0.15) is 21.2 Å². The molecule has 55 heavy (non-hydrogen) atoms. The molecule has 4 heterocycles. The number of allylic oxidation sites excluding steroid dienone is 1. The number of carbonyl (C=O) groups excluding carboxylic acids is 2. The number of carbonyl (C=O) groups is 2. The molecule has 1 spiro atoms. The number of methoxy groups -OCH3 is 3. The third kappa shape index (κ3) is 7.31. The van der Waals surface area contributed by atoms with E-state index in [1.165, 1.54) is 18.2 Å². The van der Waals surface area contributed by atoms with Crippen molar-refractivity contribution in [1.29, 1.82) is 0 Å². The molecule has 1 N–H and O–H groups in total. The molecule has 3 aliphatic heterocycles. The van der Waals surface area contributed by atoms with Crippen molar-refractivity contribution in [1.82, 2.24) is 9.29 Å². The smallest absolute Gasteiger partial charge is 0.286 e. The van der Waals surface area contributed by atoms with Crippen LogP contribution in [0.25, 0.3) is 0 Å². The SMILES string of the molecule is COc1c(C(=O)N[S@@]2(=O)=NC(=O)c3ccc4c(c3)N(C[C@@H]3CC[C@H]3[C@@H](OC)/C=C/C[C@H](C)C2)C[C@@]2(CCCc3cc(Cl)ccc32)CO4)cn2c1C[C@@H](OC)C2. The van der Waals surface area contributed by atoms with Crippen LogP contribution in [-0.4, -0.2) is 79.6 Å². The van der Waals surface area contributed by atoms with Crippen LogP contribution in [0, 0.1) is 17.8 Å². The van der Waals surface area contributed by atoms with Gasteiger partial charge in [0.25, 0.3) is 11.8 Å². The summed E-state index contributed by atoms with van der Waals surface area (Å²) in [5.74, 6) is 0.343. The minimum Gasteiger partial charge on any atom is -0.494 e. The molecule has 294 valence electrons. The second kappa shape index (κ2) is 15.2. The summed E-state index contributed by atoms with van der Waals surface area (Å²) < 4.78 is 47.8. The van der Waals surface area contributed by atoms with E-state index in [0.29, 0.717) is 55.9 Å². The van der Waals surface area contributed by atoms with Crippen molar-refractivity contribution in [2.75, 3.05) is 51.7 Å². The standard InChI is InChI=1S/C42H51ClN4O7S/c1-26-7-5-9-37(52-3)32-13-10-29(32)20-47-24-42(16-6-8-27-17-30(43)12-14-34(27)42)25-54-38-15-11-28(18-35(38)47)40(48)44-55(50,23-26)45-41(49)33-22-46-21-31(51-2)19-36(46)39(33)53-4/h5,9,11-12,14-15,17-18,22,26,29,31-32,37H,6-8,10,13,16,19-21,23-25H2,1-4H3,(H,44,45,48,49,50)/b9-5+/t26-,29-,31+,32+,37-,42-,55-/m0/s1. The minimum atomic E-state index is -3.61. The number of benzene rings is 2. The molecule has 1 fully saturated rings. The van der Waals surface area contributed by atoms with Crippen LogP contribution >= 0.6 is 11.6 Å². The molecular weight excluding hydrogens is 740 g/mol. The van der Waals surface area contributed by atoms with Crippen LogP contribution in [0.15, 0.2) is 59.1 Å². The summed E-state index contributed by atoms with van der Waals surface area (Å²) in [5, 5.41) is 0.736. The van der Waals surface area contributed by atoms with Gasteiger partial charge in [0.2, 0.25) is 0 Å². The van der Waals surface area contributed by atoms with E-state index in [0.717, 1.165) is 55.1 Å². The Bertz CT molecular complexity index is 2140. The summed E-state index contributed by atoms with van der Waals surface area (Å²) in [7, 11) is 1.32. The summed E-state index contributed by atoms with van der Waals surface area (Å²) in [6.07, 6.45) is 12.1. The first-order valence-corrected chi connectivity index (χ1v) is 21.5. The number of aromatic nitrogens is 1. The average Bonchev–Trinajstić information content (AvgIpc) is 3.67. The predicted octanol–water partition coefficient (Wildman–Crippen LogP) is 6.78. The average molecular weight is 791 g/mol. The molecule has 2 aromatic carbocycles. The maximum atomic E-state index is 14.8. The summed E-state index contributed by atoms with van der Waals surface area (Å²) in [6, 6.07) is 11.6. The molecule has 2 aliphatic carbocycles. The van der Waals surface area contributed by atoms with Crippen LogP contribution in [-0.2, 0) is 44.2 Å². The summed E-state index contributed by atoms with van der Waals surface area (Å²) in [4.78, 5) is 30.5. The molecule has 7 atom stereocenters. The molecule has 0 radical (unpaired) electrons. The number of fused-ring (bicyclic) bond motifs is 5. The maximum Gasteiger partial charge on any atom is 0.286 e. The maximum absolute atomic E-state index is 14.8. The third-order valence-corrected chi connectivity index (χ3v) is 14.7. The fourth-order valence-corrected chi connectivity index (χ4v) is 11.6. The molecule has 3 aromatic rings. The number of rotatable bonds is 5. The molecule has 5 aliphatic rings. The van der Waals surface area contributed by atoms with Gasteiger partial charge in [0.15, 0.2) is 5.75 Å². The van der Waals surface area contributed by atoms with Crippen LogP contribution in [0.2, 0.25) is 5.02 Å². The van der Waals surface area contributed by atoms with Gasteiger partial charge >= 0.3 is 0 Å². The van der Waals surface area contributed by atoms with Gasteiger partial charge in [-0.3, -0.25) is 14.3 Å². The van der Waals surface area contributed by atoms with Crippen molar-refractivity contribution >= 4 is 39.0 Å². The highest BCUT2D eigenvalue weighted by Crippen LogP contribution is 2.47. The summed E-state index contributed by atoms with van der Waals surface area (Å²) in [5.41, 5.74) is 4.43. The Morgan fingerprint density at radius 2 is 1.96 bits per heavy atom. The van der Waals surface area contributed by atoms with E-state index in [-0.39, 0.29) is 40.4 Å². The van der Waals surface area contributed by atoms with Crippen molar-refractivity contribution in [3.05, 3.63) is 87.7 Å². The number of nitrogens with zero attached hydrogens (tertiary/aromatic N) is 3. The zero-order chi connectivity index (χ0) is 38.5. The van der Waals surface area contributed by atoms with Gasteiger partial charge in [0, 0.05) is 62.5 Å². The van der Waals surface area contributed by atoms with Gasteiger partial charge in [-0.15, -0.1) is 4.36 Å². The normalized spacial score (nSPS) is 30.8. The zero-order valence-corrected chi connectivity index (χ0v) is 33.6. The number of anilines is 1. The van der Waals surface area contributed by atoms with Gasteiger partial charge in [-0.1, -0.05) is 36.7 Å². The lowest BCUT2D eigenvalue weighted by molar-refractivity contribution is 0.0131. The molecule has 8 rings (SSSR count). The Morgan fingerprint density at radius 1 is 1.11 bits per heavy atom. The van der Waals surface area contributed by atoms with Crippen molar-refractivity contribution in [2.24, 2.45) is 22.1 Å². The van der Waals surface area contributed by atoms with Crippen molar-refractivity contribution in [3.63, 3.8) is 0 Å². The fourth-order valence-electron chi connectivity index (χ4n) is 9.57. The Kier molecular flexibility index (Phi) is 10.6. The molecule has 11 nitrogen and oxygen atoms in total. The number of halogens is 1. The van der Waals surface area contributed by atoms with Crippen LogP contribution < -0.4 is 19.1 Å². The number of nitrogens with one attached hydrogen (secondary N) is 1. The van der Waals surface area contributed by atoms with Gasteiger partial charge in [0.05, 0.1) is 43.1 Å². The van der Waals surface area contributed by atoms with Crippen molar-refractivity contribution in [2.45, 2.75) is 76.0 Å². The van der Waals surface area contributed by atoms with E-state index in [1.807, 2.05) is 29.7 Å². The van der Waals surface area contributed by atoms with E-state index in [1.54, 1.807) is 26.5 Å². The predicted molar refractivity (Wildman–Crippen MR) is 213 cm³/mol. The van der Waals surface area contributed by atoms with E-state index in [2.05, 4.69) is 38.3 Å². The Labute approximate surface area is 329 Å². The monoisotopic (exact) mass is 790 g/mol. The van der Waals surface area contributed by atoms with Crippen LogP contribution in [0.4, 0.5) is 5.69 Å².